The summed E-state index contributed by atoms with van der Waals surface area (Å²) >= 11 is 0. The zero-order chi connectivity index (χ0) is 20.9. The fourth-order valence-electron chi connectivity index (χ4n) is 3.03. The molecular weight excluding hydrogens is 358 g/mol. The first-order valence-electron chi connectivity index (χ1n) is 9.61. The van der Waals surface area contributed by atoms with Crippen molar-refractivity contribution in [2.24, 2.45) is 0 Å². The van der Waals surface area contributed by atoms with Crippen LogP contribution in [0.4, 0.5) is 11.4 Å². The zero-order valence-electron chi connectivity index (χ0n) is 17.0. The van der Waals surface area contributed by atoms with Crippen LogP contribution < -0.4 is 15.1 Å². The summed E-state index contributed by atoms with van der Waals surface area (Å²) in [4.78, 5) is 48.1. The Morgan fingerprint density at radius 3 is 2.46 bits per heavy atom. The molecule has 0 bridgehead atoms. The summed E-state index contributed by atoms with van der Waals surface area (Å²) in [7, 11) is 5.03. The van der Waals surface area contributed by atoms with Crippen LogP contribution in [0.15, 0.2) is 18.2 Å². The molecule has 1 unspecified atom stereocenters. The smallest absolute Gasteiger partial charge is 0.219 e. The molecule has 7 heteroatoms. The van der Waals surface area contributed by atoms with E-state index < -0.39 is 6.04 Å². The van der Waals surface area contributed by atoms with Gasteiger partial charge in [-0.15, -0.1) is 0 Å². The Balaban J connectivity index is 2.95. The molecule has 1 aromatic carbocycles. The average Bonchev–Trinajstić information content (AvgIpc) is 2.72. The second kappa shape index (κ2) is 12.6. The van der Waals surface area contributed by atoms with Gasteiger partial charge in [-0.2, -0.15) is 0 Å². The normalized spacial score (nSPS) is 11.4. The fourth-order valence-corrected chi connectivity index (χ4v) is 3.03. The fraction of sp³-hybridized carbons (Fsp3) is 0.524. The van der Waals surface area contributed by atoms with Crippen LogP contribution >= 0.6 is 0 Å². The standard InChI is InChI=1S/C21H31N3O4/c1-22-21(28)12-10-18(15-26)24(3)19-11-9-17(8-6-4-5-7-13-25)14-20(19)23(2)16-27/h9,11,13-16,18H,4-8,10,12H2,1-3H3,(H,22,28). The zero-order valence-corrected chi connectivity index (χ0v) is 17.0. The molecule has 0 spiro atoms. The van der Waals surface area contributed by atoms with Crippen molar-refractivity contribution >= 4 is 36.3 Å². The van der Waals surface area contributed by atoms with Crippen molar-refractivity contribution in [3.05, 3.63) is 23.8 Å². The molecule has 7 nitrogen and oxygen atoms in total. The summed E-state index contributed by atoms with van der Waals surface area (Å²) in [6.45, 7) is 0. The first-order valence-corrected chi connectivity index (χ1v) is 9.61. The number of nitrogens with one attached hydrogen (secondary N) is 1. The number of unbranched alkanes of at least 4 members (excludes halogenated alkanes) is 3. The van der Waals surface area contributed by atoms with Gasteiger partial charge in [-0.05, 0) is 43.4 Å². The maximum absolute atomic E-state index is 11.6. The molecule has 1 aromatic rings. The molecule has 1 atom stereocenters. The number of aryl methyl sites for hydroxylation is 1. The summed E-state index contributed by atoms with van der Waals surface area (Å²) in [5.41, 5.74) is 2.57. The third-order valence-electron chi connectivity index (χ3n) is 4.85. The van der Waals surface area contributed by atoms with Gasteiger partial charge in [0, 0.05) is 34.0 Å². The second-order valence-corrected chi connectivity index (χ2v) is 6.83. The van der Waals surface area contributed by atoms with Gasteiger partial charge >= 0.3 is 0 Å². The lowest BCUT2D eigenvalue weighted by molar-refractivity contribution is -0.120. The molecule has 2 amide bonds. The number of amides is 2. The van der Waals surface area contributed by atoms with Crippen LogP contribution in [0.2, 0.25) is 0 Å². The van der Waals surface area contributed by atoms with Crippen molar-refractivity contribution in [3.63, 3.8) is 0 Å². The van der Waals surface area contributed by atoms with Gasteiger partial charge in [-0.1, -0.05) is 12.5 Å². The number of nitrogens with zero attached hydrogens (tertiary/aromatic N) is 2. The first-order chi connectivity index (χ1) is 13.5. The van der Waals surface area contributed by atoms with E-state index in [0.29, 0.717) is 12.8 Å². The highest BCUT2D eigenvalue weighted by atomic mass is 16.1. The van der Waals surface area contributed by atoms with Gasteiger partial charge in [0.05, 0.1) is 17.4 Å². The molecule has 0 aliphatic heterocycles. The summed E-state index contributed by atoms with van der Waals surface area (Å²) in [6, 6.07) is 5.40. The summed E-state index contributed by atoms with van der Waals surface area (Å²) in [5, 5.41) is 2.55. The monoisotopic (exact) mass is 389 g/mol. The second-order valence-electron chi connectivity index (χ2n) is 6.83. The molecule has 1 rings (SSSR count). The van der Waals surface area contributed by atoms with Gasteiger partial charge in [-0.25, -0.2) is 0 Å². The van der Waals surface area contributed by atoms with Crippen LogP contribution in [0.5, 0.6) is 0 Å². The maximum Gasteiger partial charge on any atom is 0.219 e. The highest BCUT2D eigenvalue weighted by Gasteiger charge is 2.20. The first kappa shape index (κ1) is 23.3. The van der Waals surface area contributed by atoms with Crippen LogP contribution in [0.25, 0.3) is 0 Å². The van der Waals surface area contributed by atoms with Gasteiger partial charge in [0.25, 0.3) is 0 Å². The Morgan fingerprint density at radius 1 is 1.11 bits per heavy atom. The number of carbonyl (C=O) groups is 4. The largest absolute Gasteiger partial charge is 0.363 e. The van der Waals surface area contributed by atoms with Gasteiger partial charge < -0.3 is 24.7 Å². The van der Waals surface area contributed by atoms with Crippen LogP contribution in [-0.2, 0) is 25.6 Å². The Kier molecular flexibility index (Phi) is 10.5. The van der Waals surface area contributed by atoms with Crippen LogP contribution in [-0.4, -0.2) is 52.1 Å². The number of carbonyl (C=O) groups excluding carboxylic acids is 4. The molecule has 0 radical (unpaired) electrons. The molecule has 154 valence electrons. The average molecular weight is 389 g/mol. The molecule has 0 saturated carbocycles. The van der Waals surface area contributed by atoms with E-state index in [1.165, 1.54) is 4.90 Å². The third-order valence-corrected chi connectivity index (χ3v) is 4.85. The number of likely N-dealkylation sites (N-methyl/N-ethyl adjacent to an activating group) is 1. The van der Waals surface area contributed by atoms with E-state index in [1.807, 2.05) is 18.2 Å². The summed E-state index contributed by atoms with van der Waals surface area (Å²) in [5.74, 6) is -0.115. The molecule has 1 N–H and O–H groups in total. The predicted octanol–water partition coefficient (Wildman–Crippen LogP) is 2.11. The van der Waals surface area contributed by atoms with Crippen molar-refractivity contribution in [1.82, 2.24) is 5.32 Å². The van der Waals surface area contributed by atoms with E-state index in [4.69, 9.17) is 0 Å². The highest BCUT2D eigenvalue weighted by molar-refractivity contribution is 5.85. The number of hydrogen-bond donors (Lipinski definition) is 1. The lowest BCUT2D eigenvalue weighted by Gasteiger charge is -2.30. The molecule has 0 heterocycles. The number of anilines is 2. The van der Waals surface area contributed by atoms with Crippen molar-refractivity contribution in [2.75, 3.05) is 30.9 Å². The van der Waals surface area contributed by atoms with Gasteiger partial charge in [0.2, 0.25) is 12.3 Å². The SMILES string of the molecule is CNC(=O)CCC(C=O)N(C)c1ccc(CCCCCC=O)cc1N(C)C=O. The molecule has 0 aliphatic carbocycles. The van der Waals surface area contributed by atoms with E-state index in [-0.39, 0.29) is 12.3 Å². The lowest BCUT2D eigenvalue weighted by Crippen LogP contribution is -2.35. The maximum atomic E-state index is 11.6. The lowest BCUT2D eigenvalue weighted by atomic mass is 10.0. The van der Waals surface area contributed by atoms with Crippen molar-refractivity contribution in [3.8, 4) is 0 Å². The molecule has 28 heavy (non-hydrogen) atoms. The number of hydrogen-bond acceptors (Lipinski definition) is 5. The number of rotatable bonds is 14. The Hall–Kier alpha value is -2.70. The molecule has 0 saturated heterocycles. The van der Waals surface area contributed by atoms with E-state index in [1.54, 1.807) is 26.0 Å². The molecular formula is C21H31N3O4. The summed E-state index contributed by atoms with van der Waals surface area (Å²) < 4.78 is 0. The number of benzene rings is 1. The number of aldehydes is 2. The Bertz CT molecular complexity index is 663. The van der Waals surface area contributed by atoms with Crippen LogP contribution in [0, 0.1) is 0 Å². The summed E-state index contributed by atoms with van der Waals surface area (Å²) in [6.07, 6.45) is 7.43. The Labute approximate surface area is 167 Å². The predicted molar refractivity (Wildman–Crippen MR) is 111 cm³/mol. The minimum absolute atomic E-state index is 0.115. The van der Waals surface area contributed by atoms with Gasteiger partial charge in [0.1, 0.15) is 12.6 Å². The molecule has 0 aromatic heterocycles. The van der Waals surface area contributed by atoms with Gasteiger partial charge in [0.15, 0.2) is 0 Å². The minimum atomic E-state index is -0.467. The molecule has 0 aliphatic rings. The minimum Gasteiger partial charge on any atom is -0.363 e. The van der Waals surface area contributed by atoms with Crippen molar-refractivity contribution in [1.29, 1.82) is 0 Å². The quantitative estimate of drug-likeness (QED) is 0.389. The van der Waals surface area contributed by atoms with Crippen LogP contribution in [0.1, 0.15) is 44.1 Å². The van der Waals surface area contributed by atoms with Crippen LogP contribution in [0.3, 0.4) is 0 Å². The van der Waals surface area contributed by atoms with E-state index in [2.05, 4.69) is 5.32 Å². The van der Waals surface area contributed by atoms with Crippen molar-refractivity contribution in [2.45, 2.75) is 51.0 Å². The highest BCUT2D eigenvalue weighted by Crippen LogP contribution is 2.31. The molecule has 0 fully saturated rings. The van der Waals surface area contributed by atoms with E-state index in [9.17, 15) is 19.2 Å². The Morgan fingerprint density at radius 2 is 1.86 bits per heavy atom. The van der Waals surface area contributed by atoms with E-state index in [0.717, 1.165) is 61.6 Å². The third kappa shape index (κ3) is 7.13. The van der Waals surface area contributed by atoms with Gasteiger partial charge in [-0.3, -0.25) is 9.59 Å². The van der Waals surface area contributed by atoms with Crippen molar-refractivity contribution < 1.29 is 19.2 Å². The topological polar surface area (TPSA) is 86.8 Å². The van der Waals surface area contributed by atoms with E-state index >= 15 is 0 Å².